The Morgan fingerprint density at radius 1 is 1.36 bits per heavy atom. The number of hydrogen-bond donors (Lipinski definition) is 0. The first-order valence-corrected chi connectivity index (χ1v) is 4.50. The molecule has 0 bridgehead atoms. The van der Waals surface area contributed by atoms with Crippen molar-refractivity contribution < 1.29 is 13.2 Å². The van der Waals surface area contributed by atoms with Crippen LogP contribution in [0.1, 0.15) is 19.0 Å². The van der Waals surface area contributed by atoms with Crippen molar-refractivity contribution >= 4 is 0 Å². The fourth-order valence-corrected chi connectivity index (χ4v) is 1.26. The van der Waals surface area contributed by atoms with E-state index in [1.807, 2.05) is 0 Å². The Bertz CT molecular complexity index is 268. The number of halogens is 3. The van der Waals surface area contributed by atoms with E-state index in [1.165, 1.54) is 6.20 Å². The van der Waals surface area contributed by atoms with Crippen LogP contribution in [-0.2, 0) is 6.42 Å². The molecule has 0 N–H and O–H groups in total. The molecule has 0 amide bonds. The summed E-state index contributed by atoms with van der Waals surface area (Å²) in [5, 5.41) is 0. The summed E-state index contributed by atoms with van der Waals surface area (Å²) in [7, 11) is 0. The van der Waals surface area contributed by atoms with Crippen LogP contribution in [-0.4, -0.2) is 11.2 Å². The molecule has 1 atom stereocenters. The van der Waals surface area contributed by atoms with E-state index < -0.39 is 12.1 Å². The third-order valence-electron chi connectivity index (χ3n) is 2.14. The minimum absolute atomic E-state index is 0.0269. The van der Waals surface area contributed by atoms with Crippen LogP contribution < -0.4 is 0 Å². The minimum atomic E-state index is -4.12. The summed E-state index contributed by atoms with van der Waals surface area (Å²) in [6.45, 7) is 1.54. The summed E-state index contributed by atoms with van der Waals surface area (Å²) in [5.41, 5.74) is 0.497. The van der Waals surface area contributed by atoms with Crippen LogP contribution >= 0.6 is 0 Å². The maximum atomic E-state index is 12.4. The van der Waals surface area contributed by atoms with Gasteiger partial charge in [0.2, 0.25) is 0 Å². The minimum Gasteiger partial charge on any atom is -0.261 e. The molecule has 1 aromatic rings. The van der Waals surface area contributed by atoms with Crippen molar-refractivity contribution in [1.82, 2.24) is 4.98 Å². The first-order valence-electron chi connectivity index (χ1n) is 4.50. The number of hydrogen-bond acceptors (Lipinski definition) is 1. The van der Waals surface area contributed by atoms with E-state index in [4.69, 9.17) is 0 Å². The first-order chi connectivity index (χ1) is 6.54. The third-order valence-corrected chi connectivity index (χ3v) is 2.14. The summed E-state index contributed by atoms with van der Waals surface area (Å²) in [6.07, 6.45) is -2.54. The Morgan fingerprint density at radius 2 is 2.07 bits per heavy atom. The predicted molar refractivity (Wildman–Crippen MR) is 47.8 cm³/mol. The number of nitrogens with zero attached hydrogens (tertiary/aromatic N) is 1. The van der Waals surface area contributed by atoms with Crippen molar-refractivity contribution in [3.8, 4) is 0 Å². The maximum Gasteiger partial charge on any atom is 0.392 e. The number of pyridine rings is 1. The van der Waals surface area contributed by atoms with Crippen molar-refractivity contribution in [2.24, 2.45) is 5.92 Å². The molecule has 0 saturated carbocycles. The Balaban J connectivity index is 2.67. The number of alkyl halides is 3. The van der Waals surface area contributed by atoms with Crippen molar-refractivity contribution in [2.45, 2.75) is 25.9 Å². The number of rotatable bonds is 3. The molecule has 78 valence electrons. The van der Waals surface area contributed by atoms with Gasteiger partial charge in [-0.2, -0.15) is 13.2 Å². The van der Waals surface area contributed by atoms with Crippen molar-refractivity contribution in [2.75, 3.05) is 0 Å². The molecular weight excluding hydrogens is 191 g/mol. The van der Waals surface area contributed by atoms with Gasteiger partial charge in [-0.15, -0.1) is 0 Å². The molecule has 0 aliphatic heterocycles. The van der Waals surface area contributed by atoms with Crippen LogP contribution in [0.4, 0.5) is 13.2 Å². The Morgan fingerprint density at radius 3 is 2.50 bits per heavy atom. The highest BCUT2D eigenvalue weighted by Crippen LogP contribution is 2.30. The summed E-state index contributed by atoms with van der Waals surface area (Å²) in [4.78, 5) is 3.88. The van der Waals surface area contributed by atoms with Gasteiger partial charge in [-0.1, -0.05) is 13.0 Å². The van der Waals surface area contributed by atoms with Gasteiger partial charge in [-0.05, 0) is 18.6 Å². The molecule has 14 heavy (non-hydrogen) atoms. The molecule has 0 aliphatic rings. The summed E-state index contributed by atoms with van der Waals surface area (Å²) >= 11 is 0. The van der Waals surface area contributed by atoms with Gasteiger partial charge >= 0.3 is 6.18 Å². The molecule has 0 aromatic carbocycles. The molecule has 1 heterocycles. The zero-order valence-corrected chi connectivity index (χ0v) is 7.88. The highest BCUT2D eigenvalue weighted by atomic mass is 19.4. The fourth-order valence-electron chi connectivity index (χ4n) is 1.26. The van der Waals surface area contributed by atoms with Crippen molar-refractivity contribution in [3.05, 3.63) is 30.1 Å². The van der Waals surface area contributed by atoms with E-state index in [0.29, 0.717) is 5.69 Å². The molecule has 4 heteroatoms. The maximum absolute atomic E-state index is 12.4. The average molecular weight is 203 g/mol. The predicted octanol–water partition coefficient (Wildman–Crippen LogP) is 3.21. The molecule has 0 saturated heterocycles. The van der Waals surface area contributed by atoms with Crippen LogP contribution in [0.2, 0.25) is 0 Å². The van der Waals surface area contributed by atoms with E-state index in [-0.39, 0.29) is 12.8 Å². The zero-order chi connectivity index (χ0) is 10.6. The van der Waals surface area contributed by atoms with Crippen LogP contribution in [0.3, 0.4) is 0 Å². The van der Waals surface area contributed by atoms with E-state index in [2.05, 4.69) is 4.98 Å². The first kappa shape index (κ1) is 11.0. The van der Waals surface area contributed by atoms with E-state index >= 15 is 0 Å². The summed E-state index contributed by atoms with van der Waals surface area (Å²) in [5.74, 6) is -1.28. The average Bonchev–Trinajstić information content (AvgIpc) is 2.14. The molecule has 0 radical (unpaired) electrons. The van der Waals surface area contributed by atoms with Gasteiger partial charge in [0.05, 0.1) is 5.92 Å². The molecular formula is C10H12F3N. The third kappa shape index (κ3) is 3.01. The smallest absolute Gasteiger partial charge is 0.261 e. The summed E-state index contributed by atoms with van der Waals surface area (Å²) in [6, 6.07) is 5.01. The molecule has 1 rings (SSSR count). The van der Waals surface area contributed by atoms with Gasteiger partial charge in [0, 0.05) is 18.3 Å². The van der Waals surface area contributed by atoms with Crippen molar-refractivity contribution in [1.29, 1.82) is 0 Å². The molecule has 1 aromatic heterocycles. The van der Waals surface area contributed by atoms with E-state index in [9.17, 15) is 13.2 Å². The normalized spacial score (nSPS) is 14.0. The van der Waals surface area contributed by atoms with Crippen LogP contribution in [0.15, 0.2) is 24.4 Å². The lowest BCUT2D eigenvalue weighted by Crippen LogP contribution is -2.24. The van der Waals surface area contributed by atoms with Gasteiger partial charge < -0.3 is 0 Å². The lowest BCUT2D eigenvalue weighted by Gasteiger charge is -2.17. The Hall–Kier alpha value is -1.06. The zero-order valence-electron chi connectivity index (χ0n) is 7.88. The van der Waals surface area contributed by atoms with E-state index in [0.717, 1.165) is 0 Å². The van der Waals surface area contributed by atoms with Crippen molar-refractivity contribution in [3.63, 3.8) is 0 Å². The fraction of sp³-hybridized carbons (Fsp3) is 0.500. The topological polar surface area (TPSA) is 12.9 Å². The molecule has 0 aliphatic carbocycles. The van der Waals surface area contributed by atoms with Gasteiger partial charge in [-0.3, -0.25) is 4.98 Å². The standard InChI is InChI=1S/C10H12F3N/c1-2-8(10(11,12)13)7-9-5-3-4-6-14-9/h3-6,8H,2,7H2,1H3. The molecule has 0 spiro atoms. The van der Waals surface area contributed by atoms with Gasteiger partial charge in [-0.25, -0.2) is 0 Å². The highest BCUT2D eigenvalue weighted by molar-refractivity contribution is 5.04. The second-order valence-corrected chi connectivity index (χ2v) is 3.17. The Kier molecular flexibility index (Phi) is 3.49. The van der Waals surface area contributed by atoms with E-state index in [1.54, 1.807) is 25.1 Å². The molecule has 1 nitrogen and oxygen atoms in total. The van der Waals surface area contributed by atoms with Gasteiger partial charge in [0.15, 0.2) is 0 Å². The second kappa shape index (κ2) is 4.44. The summed E-state index contributed by atoms with van der Waals surface area (Å²) < 4.78 is 37.1. The lowest BCUT2D eigenvalue weighted by atomic mass is 9.99. The monoisotopic (exact) mass is 203 g/mol. The van der Waals surface area contributed by atoms with Crippen LogP contribution in [0, 0.1) is 5.92 Å². The molecule has 1 unspecified atom stereocenters. The number of aromatic nitrogens is 1. The van der Waals surface area contributed by atoms with Crippen LogP contribution in [0.25, 0.3) is 0 Å². The SMILES string of the molecule is CCC(Cc1ccccn1)C(F)(F)F. The van der Waals surface area contributed by atoms with Gasteiger partial charge in [0.25, 0.3) is 0 Å². The quantitative estimate of drug-likeness (QED) is 0.735. The second-order valence-electron chi connectivity index (χ2n) is 3.17. The Labute approximate surface area is 81.0 Å². The lowest BCUT2D eigenvalue weighted by molar-refractivity contribution is -0.175. The molecule has 0 fully saturated rings. The highest BCUT2D eigenvalue weighted by Gasteiger charge is 2.38. The largest absolute Gasteiger partial charge is 0.392 e. The van der Waals surface area contributed by atoms with Gasteiger partial charge in [0.1, 0.15) is 0 Å². The van der Waals surface area contributed by atoms with Crippen LogP contribution in [0.5, 0.6) is 0 Å².